The van der Waals surface area contributed by atoms with Crippen molar-refractivity contribution in [1.82, 2.24) is 37.2 Å². The van der Waals surface area contributed by atoms with Crippen LogP contribution in [0.15, 0.2) is 0 Å². The quantitative estimate of drug-likeness (QED) is 0.0370. The summed E-state index contributed by atoms with van der Waals surface area (Å²) in [7, 11) is 4.84. The maximum atomic E-state index is 12.4. The molecular formula is C49H99N9O14. The predicted molar refractivity (Wildman–Crippen MR) is 276 cm³/mol. The van der Waals surface area contributed by atoms with Crippen LogP contribution in [0.5, 0.6) is 0 Å². The third kappa shape index (κ3) is 43.4. The Labute approximate surface area is 430 Å². The van der Waals surface area contributed by atoms with Gasteiger partial charge in [-0.25, -0.2) is 4.79 Å². The van der Waals surface area contributed by atoms with Gasteiger partial charge in [0, 0.05) is 117 Å². The van der Waals surface area contributed by atoms with Crippen LogP contribution in [0, 0.1) is 17.8 Å². The summed E-state index contributed by atoms with van der Waals surface area (Å²) in [6.07, 6.45) is 9.51. The first-order valence-electron chi connectivity index (χ1n) is 25.9. The number of carbonyl (C=O) groups is 7. The van der Waals surface area contributed by atoms with E-state index in [0.29, 0.717) is 97.5 Å². The molecule has 0 bridgehead atoms. The largest absolute Gasteiger partial charge is 0.443 e. The molecule has 0 spiro atoms. The second kappa shape index (κ2) is 51.7. The van der Waals surface area contributed by atoms with E-state index in [0.717, 1.165) is 57.8 Å². The van der Waals surface area contributed by atoms with Crippen molar-refractivity contribution in [2.45, 2.75) is 149 Å². The van der Waals surface area contributed by atoms with E-state index in [1.165, 1.54) is 0 Å². The average molecular weight is 1040 g/mol. The van der Waals surface area contributed by atoms with E-state index < -0.39 is 24.3 Å². The Morgan fingerprint density at radius 2 is 0.833 bits per heavy atom. The molecule has 0 saturated carbocycles. The Bertz CT molecular complexity index is 1390. The lowest BCUT2D eigenvalue weighted by Crippen LogP contribution is -2.47. The lowest BCUT2D eigenvalue weighted by atomic mass is 10.0. The number of nitrogens with two attached hydrogens (primary N) is 2. The fraction of sp³-hybridized carbons (Fsp3) is 0.857. The first kappa shape index (κ1) is 72.0. The number of carbonyl (C=O) groups excluding carboxylic acids is 7. The smallest absolute Gasteiger partial charge is 0.407 e. The molecule has 23 heteroatoms. The van der Waals surface area contributed by atoms with Crippen molar-refractivity contribution in [3.8, 4) is 0 Å². The fourth-order valence-corrected chi connectivity index (χ4v) is 6.60. The van der Waals surface area contributed by atoms with Crippen molar-refractivity contribution < 1.29 is 67.8 Å². The molecule has 0 radical (unpaired) electrons. The van der Waals surface area contributed by atoms with Crippen LogP contribution < -0.4 is 48.7 Å². The normalized spacial score (nSPS) is 13.2. The van der Waals surface area contributed by atoms with Crippen LogP contribution in [0.25, 0.3) is 0 Å². The lowest BCUT2D eigenvalue weighted by Gasteiger charge is -2.18. The summed E-state index contributed by atoms with van der Waals surface area (Å²) in [4.78, 5) is 81.4. The van der Waals surface area contributed by atoms with Crippen LogP contribution in [-0.4, -0.2) is 182 Å². The van der Waals surface area contributed by atoms with Gasteiger partial charge in [-0.15, -0.1) is 0 Å². The number of aliphatic hydroxyl groups is 3. The lowest BCUT2D eigenvalue weighted by molar-refractivity contribution is -0.129. The molecule has 0 heterocycles. The zero-order valence-corrected chi connectivity index (χ0v) is 45.0. The fourth-order valence-electron chi connectivity index (χ4n) is 6.60. The molecule has 0 aliphatic carbocycles. The Hall–Kier alpha value is -4.23. The maximum Gasteiger partial charge on any atom is 0.407 e. The van der Waals surface area contributed by atoms with Crippen LogP contribution in [0.2, 0.25) is 0 Å². The van der Waals surface area contributed by atoms with Crippen LogP contribution in [0.4, 0.5) is 4.79 Å². The minimum absolute atomic E-state index is 0.0248. The van der Waals surface area contributed by atoms with Crippen LogP contribution in [0.3, 0.4) is 0 Å². The molecule has 0 aliphatic rings. The van der Waals surface area contributed by atoms with Crippen LogP contribution in [-0.2, 0) is 47.7 Å². The summed E-state index contributed by atoms with van der Waals surface area (Å²) in [5.74, 6) is -0.440. The van der Waals surface area contributed by atoms with E-state index in [4.69, 9.17) is 40.6 Å². The molecular weight excluding hydrogens is 939 g/mol. The SMILES string of the molecule is CCC(=O)NC(CCN)C(=O)NCCCCC(CO)COC.CCC(=O)NCC(CN)OC(=O)NCCCCC(CO)COC.CCC(=O)NCCC[C@H](NC(=O)CC)C(=O)NCCCCC(CO)COC. The minimum atomic E-state index is -0.588. The van der Waals surface area contributed by atoms with Gasteiger partial charge < -0.3 is 83.0 Å². The molecule has 14 N–H and O–H groups in total. The second-order valence-electron chi connectivity index (χ2n) is 17.3. The van der Waals surface area contributed by atoms with Gasteiger partial charge >= 0.3 is 6.09 Å². The summed E-state index contributed by atoms with van der Waals surface area (Å²) < 4.78 is 20.2. The van der Waals surface area contributed by atoms with Crippen molar-refractivity contribution in [2.75, 3.05) is 107 Å². The summed E-state index contributed by atoms with van der Waals surface area (Å²) >= 11 is 0. The number of ether oxygens (including phenoxy) is 4. The highest BCUT2D eigenvalue weighted by Crippen LogP contribution is 2.10. The Kier molecular flexibility index (Phi) is 51.7. The monoisotopic (exact) mass is 1040 g/mol. The molecule has 424 valence electrons. The zero-order valence-electron chi connectivity index (χ0n) is 45.0. The maximum absolute atomic E-state index is 12.4. The van der Waals surface area contributed by atoms with Gasteiger partial charge in [0.15, 0.2) is 0 Å². The first-order valence-corrected chi connectivity index (χ1v) is 25.9. The van der Waals surface area contributed by atoms with Crippen molar-refractivity contribution >= 4 is 41.5 Å². The van der Waals surface area contributed by atoms with E-state index in [-0.39, 0.29) is 86.1 Å². The number of hydrogen-bond acceptors (Lipinski definition) is 16. The molecule has 0 rings (SSSR count). The number of alkyl carbamates (subject to hydrolysis) is 1. The topological polar surface area (TPSA) is 353 Å². The summed E-state index contributed by atoms with van der Waals surface area (Å²) in [5, 5.41) is 46.6. The highest BCUT2D eigenvalue weighted by Gasteiger charge is 2.21. The molecule has 0 aliphatic heterocycles. The third-order valence-electron chi connectivity index (χ3n) is 11.1. The number of nitrogens with one attached hydrogen (secondary N) is 7. The Balaban J connectivity index is -0.000000998. The number of methoxy groups -OCH3 is 3. The molecule has 6 atom stereocenters. The molecule has 7 amide bonds. The van der Waals surface area contributed by atoms with Gasteiger partial charge in [-0.05, 0) is 64.3 Å². The van der Waals surface area contributed by atoms with Gasteiger partial charge in [-0.2, -0.15) is 0 Å². The van der Waals surface area contributed by atoms with Crippen LogP contribution >= 0.6 is 0 Å². The third-order valence-corrected chi connectivity index (χ3v) is 11.1. The number of hydrogen-bond donors (Lipinski definition) is 12. The number of amides is 7. The molecule has 0 aromatic heterocycles. The van der Waals surface area contributed by atoms with E-state index >= 15 is 0 Å². The van der Waals surface area contributed by atoms with Gasteiger partial charge in [-0.3, -0.25) is 28.8 Å². The van der Waals surface area contributed by atoms with E-state index in [1.54, 1.807) is 49.0 Å². The number of unbranched alkanes of at least 4 members (excludes halogenated alkanes) is 3. The van der Waals surface area contributed by atoms with Gasteiger partial charge in [0.05, 0.1) is 26.4 Å². The summed E-state index contributed by atoms with van der Waals surface area (Å²) in [6.45, 7) is 11.7. The standard InChI is InChI=1S/C19H37N3O5.C15H31N3O5.C15H31N3O4/c1-4-17(24)20-12-8-10-16(22-18(25)5-2)19(26)21-11-7-6-9-15(13-23)14-27-3;1-3-14(20)18-9-13(8-16)23-15(21)17-7-5-4-6-12(10-19)11-22-2;1-3-14(20)18-13(7-8-16)15(21)17-9-5-4-6-12(10-19)11-22-2/h15-16,23H,4-14H2,1-3H3,(H,20,24)(H,21,26)(H,22,25);12-13,19H,3-11,16H2,1-2H3,(H,17,21)(H,18,20);12-13,19H,3-11,16H2,1-2H3,(H,17,21)(H,18,20)/t15?,16-;;/m0../s1. The predicted octanol–water partition coefficient (Wildman–Crippen LogP) is 0.492. The van der Waals surface area contributed by atoms with E-state index in [1.807, 2.05) is 0 Å². The zero-order chi connectivity index (χ0) is 54.8. The highest BCUT2D eigenvalue weighted by molar-refractivity contribution is 5.88. The van der Waals surface area contributed by atoms with Gasteiger partial charge in [0.1, 0.15) is 18.2 Å². The number of rotatable bonds is 42. The van der Waals surface area contributed by atoms with Crippen molar-refractivity contribution in [3.05, 3.63) is 0 Å². The van der Waals surface area contributed by atoms with Crippen molar-refractivity contribution in [1.29, 1.82) is 0 Å². The molecule has 0 aromatic carbocycles. The number of aliphatic hydroxyl groups excluding tert-OH is 3. The van der Waals surface area contributed by atoms with Crippen LogP contribution in [0.1, 0.15) is 130 Å². The minimum Gasteiger partial charge on any atom is -0.443 e. The van der Waals surface area contributed by atoms with Gasteiger partial charge in [0.25, 0.3) is 0 Å². The second-order valence-corrected chi connectivity index (χ2v) is 17.3. The average Bonchev–Trinajstić information content (AvgIpc) is 3.38. The van der Waals surface area contributed by atoms with Gasteiger partial charge in [0.2, 0.25) is 35.4 Å². The van der Waals surface area contributed by atoms with Crippen molar-refractivity contribution in [3.63, 3.8) is 0 Å². The highest BCUT2D eigenvalue weighted by atomic mass is 16.6. The molecule has 0 saturated heterocycles. The van der Waals surface area contributed by atoms with Gasteiger partial charge in [-0.1, -0.05) is 47.0 Å². The molecule has 0 aromatic rings. The Morgan fingerprint density at radius 1 is 0.458 bits per heavy atom. The van der Waals surface area contributed by atoms with E-state index in [9.17, 15) is 38.7 Å². The summed E-state index contributed by atoms with van der Waals surface area (Å²) in [5.41, 5.74) is 11.0. The molecule has 0 fully saturated rings. The molecule has 23 nitrogen and oxygen atoms in total. The Morgan fingerprint density at radius 3 is 1.19 bits per heavy atom. The first-order chi connectivity index (χ1) is 34.6. The van der Waals surface area contributed by atoms with E-state index in [2.05, 4.69) is 37.2 Å². The molecule has 72 heavy (non-hydrogen) atoms. The molecule has 5 unspecified atom stereocenters. The van der Waals surface area contributed by atoms with Crippen molar-refractivity contribution in [2.24, 2.45) is 29.2 Å². The summed E-state index contributed by atoms with van der Waals surface area (Å²) in [6, 6.07) is -1.15.